The molecule has 8 nitrogen and oxygen atoms in total. The van der Waals surface area contributed by atoms with Gasteiger partial charge >= 0.3 is 0 Å². The third-order valence-corrected chi connectivity index (χ3v) is 6.44. The van der Waals surface area contributed by atoms with Crippen molar-refractivity contribution in [1.82, 2.24) is 10.3 Å². The van der Waals surface area contributed by atoms with E-state index in [0.29, 0.717) is 70.3 Å². The van der Waals surface area contributed by atoms with Crippen molar-refractivity contribution in [1.29, 1.82) is 5.26 Å². The second-order valence-electron chi connectivity index (χ2n) is 9.10. The Morgan fingerprint density at radius 1 is 1.10 bits per heavy atom. The molecule has 0 unspecified atom stereocenters. The van der Waals surface area contributed by atoms with Gasteiger partial charge in [-0.25, -0.2) is 0 Å². The van der Waals surface area contributed by atoms with Crippen LogP contribution in [0, 0.1) is 11.3 Å². The highest BCUT2D eigenvalue weighted by atomic mass is 35.5. The van der Waals surface area contributed by atoms with Gasteiger partial charge in [-0.05, 0) is 67.8 Å². The fourth-order valence-electron chi connectivity index (χ4n) is 4.01. The molecule has 4 aromatic rings. The van der Waals surface area contributed by atoms with Crippen molar-refractivity contribution in [2.45, 2.75) is 25.3 Å². The molecule has 198 valence electrons. The number of nitrogens with zero attached hydrogens (tertiary/aromatic N) is 2. The van der Waals surface area contributed by atoms with Crippen LogP contribution in [0.2, 0.25) is 0 Å². The molecule has 2 N–H and O–H groups in total. The van der Waals surface area contributed by atoms with Gasteiger partial charge in [0, 0.05) is 40.8 Å². The van der Waals surface area contributed by atoms with Gasteiger partial charge in [0.25, 0.3) is 5.91 Å². The minimum Gasteiger partial charge on any atom is -0.493 e. The Hall–Kier alpha value is -4.48. The van der Waals surface area contributed by atoms with Crippen LogP contribution in [-0.2, 0) is 0 Å². The van der Waals surface area contributed by atoms with E-state index in [1.807, 2.05) is 36.4 Å². The van der Waals surface area contributed by atoms with E-state index in [1.165, 1.54) is 6.20 Å². The highest BCUT2D eigenvalue weighted by Crippen LogP contribution is 2.37. The number of carbonyl (C=O) groups excluding carboxylic acids is 1. The summed E-state index contributed by atoms with van der Waals surface area (Å²) in [6, 6.07) is 20.6. The Bertz CT molecular complexity index is 1530. The van der Waals surface area contributed by atoms with Crippen molar-refractivity contribution >= 4 is 39.8 Å². The van der Waals surface area contributed by atoms with Crippen molar-refractivity contribution in [2.75, 3.05) is 24.9 Å². The van der Waals surface area contributed by atoms with Crippen molar-refractivity contribution in [3.63, 3.8) is 0 Å². The number of nitrogens with one attached hydrogen (secondary N) is 2. The zero-order valence-electron chi connectivity index (χ0n) is 21.4. The van der Waals surface area contributed by atoms with Gasteiger partial charge in [-0.3, -0.25) is 9.78 Å². The Balaban J connectivity index is 1.35. The second kappa shape index (κ2) is 11.9. The van der Waals surface area contributed by atoms with E-state index in [4.69, 9.17) is 25.8 Å². The first-order valence-electron chi connectivity index (χ1n) is 12.6. The summed E-state index contributed by atoms with van der Waals surface area (Å²) in [6.07, 6.45) is 4.30. The lowest BCUT2D eigenvalue weighted by Gasteiger charge is -2.15. The number of anilines is 2. The Kier molecular flexibility index (Phi) is 7.99. The van der Waals surface area contributed by atoms with Gasteiger partial charge in [0.15, 0.2) is 11.5 Å². The fourth-order valence-corrected chi connectivity index (χ4v) is 4.12. The third-order valence-electron chi connectivity index (χ3n) is 6.18. The molecule has 1 aliphatic carbocycles. The van der Waals surface area contributed by atoms with Crippen molar-refractivity contribution in [3.8, 4) is 29.1 Å². The molecule has 39 heavy (non-hydrogen) atoms. The number of pyridine rings is 1. The third kappa shape index (κ3) is 6.33. The van der Waals surface area contributed by atoms with Crippen molar-refractivity contribution < 1.29 is 19.0 Å². The van der Waals surface area contributed by atoms with Gasteiger partial charge in [0.05, 0.1) is 30.5 Å². The molecule has 0 aliphatic heterocycles. The number of alkyl halides is 1. The number of amides is 1. The minimum atomic E-state index is -0.0917. The molecule has 1 fully saturated rings. The fraction of sp³-hybridized carbons (Fsp3) is 0.233. The molecule has 1 aromatic heterocycles. The summed E-state index contributed by atoms with van der Waals surface area (Å²) >= 11 is 5.77. The van der Waals surface area contributed by atoms with Crippen LogP contribution >= 0.6 is 11.6 Å². The molecule has 0 radical (unpaired) electrons. The first-order chi connectivity index (χ1) is 19.1. The largest absolute Gasteiger partial charge is 0.493 e. The molecular weight excluding hydrogens is 516 g/mol. The molecule has 5 rings (SSSR count). The predicted molar refractivity (Wildman–Crippen MR) is 151 cm³/mol. The van der Waals surface area contributed by atoms with Crippen LogP contribution in [0.25, 0.3) is 10.9 Å². The van der Waals surface area contributed by atoms with Gasteiger partial charge in [-0.1, -0.05) is 6.07 Å². The number of hydrogen-bond acceptors (Lipinski definition) is 7. The summed E-state index contributed by atoms with van der Waals surface area (Å²) in [6.45, 7) is 0.457. The summed E-state index contributed by atoms with van der Waals surface area (Å²) in [5, 5.41) is 16.8. The van der Waals surface area contributed by atoms with Crippen LogP contribution in [0.4, 0.5) is 11.4 Å². The number of benzene rings is 3. The molecule has 3 aromatic carbocycles. The van der Waals surface area contributed by atoms with Crippen LogP contribution in [0.5, 0.6) is 23.0 Å². The van der Waals surface area contributed by atoms with Gasteiger partial charge in [0.2, 0.25) is 0 Å². The Labute approximate surface area is 231 Å². The first kappa shape index (κ1) is 26.1. The number of halogens is 1. The summed E-state index contributed by atoms with van der Waals surface area (Å²) in [5.41, 5.74) is 2.97. The van der Waals surface area contributed by atoms with Gasteiger partial charge in [-0.15, -0.1) is 11.6 Å². The van der Waals surface area contributed by atoms with Crippen LogP contribution < -0.4 is 24.8 Å². The van der Waals surface area contributed by atoms with Gasteiger partial charge in [0.1, 0.15) is 17.6 Å². The van der Waals surface area contributed by atoms with Crippen LogP contribution in [-0.4, -0.2) is 36.5 Å². The minimum absolute atomic E-state index is 0.0917. The van der Waals surface area contributed by atoms with E-state index in [-0.39, 0.29) is 5.91 Å². The monoisotopic (exact) mass is 542 g/mol. The summed E-state index contributed by atoms with van der Waals surface area (Å²) in [4.78, 5) is 16.8. The standard InChI is InChI=1S/C30H27ClN4O4/c1-37-27-15-25-26(16-28(27)38-13-3-12-31)33-18-20(17-32)29(25)34-21-8-10-23(11-9-21)39-24-5-2-4-19(14-24)30(36)35-22-6-7-22/h2,4-5,8-11,14-16,18,22H,3,6-7,12-13H2,1H3,(H,33,34)(H,35,36). The van der Waals surface area contributed by atoms with E-state index in [2.05, 4.69) is 21.7 Å². The Morgan fingerprint density at radius 2 is 1.92 bits per heavy atom. The summed E-state index contributed by atoms with van der Waals surface area (Å²) in [7, 11) is 1.57. The molecule has 0 spiro atoms. The number of methoxy groups -OCH3 is 1. The highest BCUT2D eigenvalue weighted by Gasteiger charge is 2.24. The highest BCUT2D eigenvalue weighted by molar-refractivity contribution is 6.17. The number of nitriles is 1. The molecule has 0 atom stereocenters. The molecule has 0 saturated heterocycles. The predicted octanol–water partition coefficient (Wildman–Crippen LogP) is 6.55. The maximum atomic E-state index is 12.4. The number of carbonyl (C=O) groups is 1. The maximum absolute atomic E-state index is 12.4. The zero-order valence-corrected chi connectivity index (χ0v) is 22.1. The van der Waals surface area contributed by atoms with Crippen molar-refractivity contribution in [3.05, 3.63) is 78.0 Å². The maximum Gasteiger partial charge on any atom is 0.251 e. The average molecular weight is 543 g/mol. The SMILES string of the molecule is COc1cc2c(Nc3ccc(Oc4cccc(C(=O)NC5CC5)c4)cc3)c(C#N)cnc2cc1OCCCCl. The summed E-state index contributed by atoms with van der Waals surface area (Å²) < 4.78 is 17.3. The molecule has 1 aliphatic rings. The van der Waals surface area contributed by atoms with E-state index in [1.54, 1.807) is 31.4 Å². The summed E-state index contributed by atoms with van der Waals surface area (Å²) in [5.74, 6) is 2.69. The van der Waals surface area contributed by atoms with Crippen LogP contribution in [0.15, 0.2) is 66.9 Å². The topological polar surface area (TPSA) is 106 Å². The smallest absolute Gasteiger partial charge is 0.251 e. The van der Waals surface area contributed by atoms with Crippen LogP contribution in [0.1, 0.15) is 35.2 Å². The molecule has 1 heterocycles. The first-order valence-corrected chi connectivity index (χ1v) is 13.2. The molecular formula is C30H27ClN4O4. The molecule has 0 bridgehead atoms. The zero-order chi connectivity index (χ0) is 27.2. The van der Waals surface area contributed by atoms with E-state index in [9.17, 15) is 10.1 Å². The number of ether oxygens (including phenoxy) is 3. The number of hydrogen-bond donors (Lipinski definition) is 2. The molecule has 1 saturated carbocycles. The van der Waals surface area contributed by atoms with Gasteiger partial charge in [-0.2, -0.15) is 5.26 Å². The van der Waals surface area contributed by atoms with E-state index >= 15 is 0 Å². The normalized spacial score (nSPS) is 12.4. The Morgan fingerprint density at radius 3 is 2.64 bits per heavy atom. The lowest BCUT2D eigenvalue weighted by molar-refractivity contribution is 0.0950. The lowest BCUT2D eigenvalue weighted by atomic mass is 10.1. The quantitative estimate of drug-likeness (QED) is 0.163. The lowest BCUT2D eigenvalue weighted by Crippen LogP contribution is -2.25. The average Bonchev–Trinajstić information content (AvgIpc) is 3.78. The van der Waals surface area contributed by atoms with Crippen LogP contribution in [0.3, 0.4) is 0 Å². The van der Waals surface area contributed by atoms with E-state index in [0.717, 1.165) is 23.9 Å². The van der Waals surface area contributed by atoms with E-state index < -0.39 is 0 Å². The second-order valence-corrected chi connectivity index (χ2v) is 9.47. The number of aromatic nitrogens is 1. The number of rotatable bonds is 11. The molecule has 1 amide bonds. The van der Waals surface area contributed by atoms with Crippen molar-refractivity contribution in [2.24, 2.45) is 0 Å². The number of fused-ring (bicyclic) bond motifs is 1. The van der Waals surface area contributed by atoms with Gasteiger partial charge < -0.3 is 24.8 Å². The molecule has 9 heteroatoms.